The molecule has 28 heavy (non-hydrogen) atoms. The molecule has 2 N–H and O–H groups in total. The molecule has 0 bridgehead atoms. The Morgan fingerprint density at radius 2 is 2.00 bits per heavy atom. The number of rotatable bonds is 14. The number of hydrogen-bond donors (Lipinski definition) is 2. The Labute approximate surface area is 170 Å². The number of nitrogens with one attached hydrogen (secondary N) is 2. The zero-order valence-corrected chi connectivity index (χ0v) is 17.7. The van der Waals surface area contributed by atoms with Crippen molar-refractivity contribution in [3.05, 3.63) is 6.20 Å². The molecule has 0 aliphatic rings. The molecule has 0 spiro atoms. The number of thioether (sulfide) groups is 1. The lowest BCUT2D eigenvalue weighted by molar-refractivity contribution is -0.125. The number of carbonyl (C=O) groups excluding carboxylic acids is 1. The molecule has 2 rings (SSSR count). The largest absolute Gasteiger partial charge is 0.380 e. The second kappa shape index (κ2) is 12.5. The van der Waals surface area contributed by atoms with Gasteiger partial charge in [-0.25, -0.2) is 14.6 Å². The molecular weight excluding hydrogens is 380 g/mol. The van der Waals surface area contributed by atoms with Gasteiger partial charge in [0.2, 0.25) is 5.91 Å². The van der Waals surface area contributed by atoms with Crippen molar-refractivity contribution in [3.8, 4) is 0 Å². The van der Waals surface area contributed by atoms with Gasteiger partial charge in [0, 0.05) is 32.1 Å². The first-order valence-corrected chi connectivity index (χ1v) is 10.7. The maximum atomic E-state index is 11.7. The zero-order valence-electron chi connectivity index (χ0n) is 16.9. The number of ether oxygens (including phenoxy) is 2. The van der Waals surface area contributed by atoms with Crippen molar-refractivity contribution >= 4 is 34.5 Å². The van der Waals surface area contributed by atoms with Crippen molar-refractivity contribution in [1.82, 2.24) is 25.1 Å². The minimum absolute atomic E-state index is 0.0736. The molecule has 2 aromatic rings. The molecule has 0 aromatic carbocycles. The molecular formula is C18H30N6O3S. The first-order chi connectivity index (χ1) is 13.7. The van der Waals surface area contributed by atoms with Crippen LogP contribution in [0.15, 0.2) is 11.4 Å². The lowest BCUT2D eigenvalue weighted by Crippen LogP contribution is -2.30. The standard InChI is InChI=1S/C18H30N6O3S/c1-4-11-28-18-22-16(20-8-10-26-5-2)14-12-21-24(17(14)23-18)9-7-19-15(25)13-27-6-3/h12H,4-11,13H2,1-3H3,(H,19,25)(H,20,22,23). The highest BCUT2D eigenvalue weighted by Crippen LogP contribution is 2.24. The van der Waals surface area contributed by atoms with Gasteiger partial charge in [0.1, 0.15) is 12.4 Å². The molecule has 0 aliphatic carbocycles. The second-order valence-electron chi connectivity index (χ2n) is 5.92. The summed E-state index contributed by atoms with van der Waals surface area (Å²) in [5.41, 5.74) is 0.756. The zero-order chi connectivity index (χ0) is 20.2. The summed E-state index contributed by atoms with van der Waals surface area (Å²) < 4.78 is 12.3. The van der Waals surface area contributed by atoms with Crippen LogP contribution in [0.2, 0.25) is 0 Å². The summed E-state index contributed by atoms with van der Waals surface area (Å²) in [6.45, 7) is 9.49. The van der Waals surface area contributed by atoms with Crippen molar-refractivity contribution in [1.29, 1.82) is 0 Å². The highest BCUT2D eigenvalue weighted by atomic mass is 32.2. The maximum absolute atomic E-state index is 11.7. The van der Waals surface area contributed by atoms with E-state index in [1.54, 1.807) is 22.6 Å². The third kappa shape index (κ3) is 6.92. The van der Waals surface area contributed by atoms with Crippen LogP contribution in [0.25, 0.3) is 11.0 Å². The summed E-state index contributed by atoms with van der Waals surface area (Å²) in [6.07, 6.45) is 2.80. The SMILES string of the molecule is CCCSc1nc(NCCOCC)c2cnn(CCNC(=O)COCC)c2n1. The van der Waals surface area contributed by atoms with Gasteiger partial charge < -0.3 is 20.1 Å². The Balaban J connectivity index is 2.10. The van der Waals surface area contributed by atoms with Crippen LogP contribution >= 0.6 is 11.8 Å². The number of anilines is 1. The number of amides is 1. The Bertz CT molecular complexity index is 739. The van der Waals surface area contributed by atoms with Crippen LogP contribution in [0.5, 0.6) is 0 Å². The average Bonchev–Trinajstić information content (AvgIpc) is 3.11. The first-order valence-electron chi connectivity index (χ1n) is 9.71. The Kier molecular flexibility index (Phi) is 10.0. The highest BCUT2D eigenvalue weighted by Gasteiger charge is 2.13. The van der Waals surface area contributed by atoms with E-state index >= 15 is 0 Å². The number of carbonyl (C=O) groups is 1. The Morgan fingerprint density at radius 3 is 2.75 bits per heavy atom. The van der Waals surface area contributed by atoms with E-state index in [0.29, 0.717) is 39.5 Å². The van der Waals surface area contributed by atoms with Crippen LogP contribution in [-0.4, -0.2) is 70.9 Å². The first kappa shape index (κ1) is 22.4. The van der Waals surface area contributed by atoms with Crippen LogP contribution in [0.1, 0.15) is 27.2 Å². The van der Waals surface area contributed by atoms with Gasteiger partial charge in [-0.3, -0.25) is 4.79 Å². The van der Waals surface area contributed by atoms with E-state index in [4.69, 9.17) is 9.47 Å². The minimum atomic E-state index is -0.134. The van der Waals surface area contributed by atoms with Crippen LogP contribution in [0.3, 0.4) is 0 Å². The monoisotopic (exact) mass is 410 g/mol. The number of aromatic nitrogens is 4. The molecule has 0 saturated heterocycles. The number of nitrogens with zero attached hydrogens (tertiary/aromatic N) is 4. The Morgan fingerprint density at radius 1 is 1.18 bits per heavy atom. The van der Waals surface area contributed by atoms with Crippen LogP contribution < -0.4 is 10.6 Å². The minimum Gasteiger partial charge on any atom is -0.380 e. The lowest BCUT2D eigenvalue weighted by atomic mass is 10.4. The molecule has 0 radical (unpaired) electrons. The summed E-state index contributed by atoms with van der Waals surface area (Å²) in [6, 6.07) is 0. The molecule has 156 valence electrons. The third-order valence-corrected chi connectivity index (χ3v) is 4.79. The van der Waals surface area contributed by atoms with E-state index in [1.807, 2.05) is 13.8 Å². The fourth-order valence-electron chi connectivity index (χ4n) is 2.42. The van der Waals surface area contributed by atoms with Crippen molar-refractivity contribution in [2.45, 2.75) is 38.9 Å². The smallest absolute Gasteiger partial charge is 0.246 e. The predicted octanol–water partition coefficient (Wildman–Crippen LogP) is 1.93. The molecule has 2 heterocycles. The molecule has 0 atom stereocenters. The van der Waals surface area contributed by atoms with Gasteiger partial charge in [-0.15, -0.1) is 0 Å². The number of fused-ring (bicyclic) bond motifs is 1. The average molecular weight is 411 g/mol. The van der Waals surface area contributed by atoms with Gasteiger partial charge in [-0.2, -0.15) is 5.10 Å². The summed E-state index contributed by atoms with van der Waals surface area (Å²) in [5, 5.41) is 12.2. The number of hydrogen-bond acceptors (Lipinski definition) is 8. The normalized spacial score (nSPS) is 11.1. The summed E-state index contributed by atoms with van der Waals surface area (Å²) >= 11 is 1.62. The van der Waals surface area contributed by atoms with E-state index < -0.39 is 0 Å². The molecule has 0 aliphatic heterocycles. The molecule has 2 aromatic heterocycles. The fourth-order valence-corrected chi connectivity index (χ4v) is 3.12. The molecule has 1 amide bonds. The van der Waals surface area contributed by atoms with E-state index in [-0.39, 0.29) is 12.5 Å². The van der Waals surface area contributed by atoms with E-state index in [1.165, 1.54) is 0 Å². The molecule has 9 nitrogen and oxygen atoms in total. The lowest BCUT2D eigenvalue weighted by Gasteiger charge is -2.10. The molecule has 0 unspecified atom stereocenters. The van der Waals surface area contributed by atoms with Crippen molar-refractivity contribution in [2.75, 3.05) is 50.6 Å². The van der Waals surface area contributed by atoms with Crippen LogP contribution in [0, 0.1) is 0 Å². The fraction of sp³-hybridized carbons (Fsp3) is 0.667. The second-order valence-corrected chi connectivity index (χ2v) is 6.98. The quantitative estimate of drug-likeness (QED) is 0.277. The van der Waals surface area contributed by atoms with Gasteiger partial charge >= 0.3 is 0 Å². The van der Waals surface area contributed by atoms with Gasteiger partial charge in [-0.1, -0.05) is 18.7 Å². The van der Waals surface area contributed by atoms with Gasteiger partial charge in [0.05, 0.1) is 24.7 Å². The molecule has 0 fully saturated rings. The predicted molar refractivity (Wildman–Crippen MR) is 111 cm³/mol. The van der Waals surface area contributed by atoms with Crippen LogP contribution in [0.4, 0.5) is 5.82 Å². The van der Waals surface area contributed by atoms with E-state index in [0.717, 1.165) is 34.2 Å². The van der Waals surface area contributed by atoms with Gasteiger partial charge in [0.15, 0.2) is 10.8 Å². The summed E-state index contributed by atoms with van der Waals surface area (Å²) in [4.78, 5) is 21.0. The van der Waals surface area contributed by atoms with Crippen molar-refractivity contribution in [3.63, 3.8) is 0 Å². The van der Waals surface area contributed by atoms with Gasteiger partial charge in [0.25, 0.3) is 0 Å². The third-order valence-electron chi connectivity index (χ3n) is 3.74. The molecule has 0 saturated carbocycles. The topological polar surface area (TPSA) is 103 Å². The van der Waals surface area contributed by atoms with Crippen molar-refractivity contribution in [2.24, 2.45) is 0 Å². The maximum Gasteiger partial charge on any atom is 0.246 e. The molecule has 10 heteroatoms. The van der Waals surface area contributed by atoms with E-state index in [2.05, 4.69) is 32.6 Å². The summed E-state index contributed by atoms with van der Waals surface area (Å²) in [7, 11) is 0. The highest BCUT2D eigenvalue weighted by molar-refractivity contribution is 7.99. The van der Waals surface area contributed by atoms with Crippen LogP contribution in [-0.2, 0) is 20.8 Å². The van der Waals surface area contributed by atoms with E-state index in [9.17, 15) is 4.79 Å². The van der Waals surface area contributed by atoms with Gasteiger partial charge in [-0.05, 0) is 20.3 Å². The van der Waals surface area contributed by atoms with Crippen molar-refractivity contribution < 1.29 is 14.3 Å². The Hall–Kier alpha value is -1.91. The summed E-state index contributed by atoms with van der Waals surface area (Å²) in [5.74, 6) is 1.58.